The molecule has 0 bridgehead atoms. The highest BCUT2D eigenvalue weighted by molar-refractivity contribution is 5.00. The predicted molar refractivity (Wildman–Crippen MR) is 82.3 cm³/mol. The lowest BCUT2D eigenvalue weighted by molar-refractivity contribution is 0.0275. The first-order valence-electron chi connectivity index (χ1n) is 8.08. The van der Waals surface area contributed by atoms with Gasteiger partial charge in [0.15, 0.2) is 0 Å². The summed E-state index contributed by atoms with van der Waals surface area (Å²) < 4.78 is 0. The Balaban J connectivity index is 1.92. The van der Waals surface area contributed by atoms with Crippen molar-refractivity contribution in [2.75, 3.05) is 40.8 Å². The molecule has 2 aliphatic carbocycles. The summed E-state index contributed by atoms with van der Waals surface area (Å²) in [5.74, 6) is 0. The molecule has 0 aromatic carbocycles. The minimum Gasteiger partial charge on any atom is -0.329 e. The quantitative estimate of drug-likeness (QED) is 0.830. The van der Waals surface area contributed by atoms with Gasteiger partial charge in [-0.1, -0.05) is 12.8 Å². The molecular formula is C16H33N3. The fourth-order valence-corrected chi connectivity index (χ4v) is 4.20. The summed E-state index contributed by atoms with van der Waals surface area (Å²) in [4.78, 5) is 4.82. The van der Waals surface area contributed by atoms with Gasteiger partial charge in [0, 0.05) is 25.2 Å². The van der Waals surface area contributed by atoms with E-state index < -0.39 is 0 Å². The van der Waals surface area contributed by atoms with Gasteiger partial charge in [0.25, 0.3) is 0 Å². The van der Waals surface area contributed by atoms with Gasteiger partial charge in [-0.3, -0.25) is 4.90 Å². The van der Waals surface area contributed by atoms with Crippen molar-refractivity contribution in [1.82, 2.24) is 9.80 Å². The van der Waals surface area contributed by atoms with E-state index in [9.17, 15) is 0 Å². The van der Waals surface area contributed by atoms with Crippen LogP contribution in [0, 0.1) is 5.41 Å². The molecule has 2 aliphatic rings. The maximum atomic E-state index is 6.18. The first kappa shape index (κ1) is 15.3. The van der Waals surface area contributed by atoms with Crippen LogP contribution in [0.1, 0.15) is 51.4 Å². The third-order valence-corrected chi connectivity index (χ3v) is 5.98. The highest BCUT2D eigenvalue weighted by atomic mass is 15.2. The van der Waals surface area contributed by atoms with Gasteiger partial charge in [-0.2, -0.15) is 0 Å². The smallest absolute Gasteiger partial charge is 0.0329 e. The zero-order valence-electron chi connectivity index (χ0n) is 13.2. The standard InChI is InChI=1S/C16H33N3/c1-18(2)12-13-19(3)16(14-17)10-8-15(9-11-16)6-4-5-7-15/h4-14,17H2,1-3H3. The van der Waals surface area contributed by atoms with Crippen molar-refractivity contribution in [2.45, 2.75) is 56.9 Å². The summed E-state index contributed by atoms with van der Waals surface area (Å²) in [6.07, 6.45) is 11.3. The average molecular weight is 267 g/mol. The molecule has 2 rings (SSSR count). The molecule has 0 aliphatic heterocycles. The first-order valence-corrected chi connectivity index (χ1v) is 8.08. The largest absolute Gasteiger partial charge is 0.329 e. The molecule has 0 heterocycles. The van der Waals surface area contributed by atoms with Crippen LogP contribution in [0.4, 0.5) is 0 Å². The fourth-order valence-electron chi connectivity index (χ4n) is 4.20. The van der Waals surface area contributed by atoms with Gasteiger partial charge in [-0.25, -0.2) is 0 Å². The Labute approximate surface area is 119 Å². The first-order chi connectivity index (χ1) is 9.02. The SMILES string of the molecule is CN(C)CCN(C)C1(CN)CCC2(CCCC2)CC1. The molecule has 3 heteroatoms. The van der Waals surface area contributed by atoms with Crippen molar-refractivity contribution >= 4 is 0 Å². The highest BCUT2D eigenvalue weighted by Gasteiger charge is 2.44. The minimum absolute atomic E-state index is 0.282. The van der Waals surface area contributed by atoms with E-state index in [0.29, 0.717) is 5.41 Å². The van der Waals surface area contributed by atoms with Crippen molar-refractivity contribution in [3.8, 4) is 0 Å². The van der Waals surface area contributed by atoms with Crippen LogP contribution in [0.3, 0.4) is 0 Å². The third kappa shape index (κ3) is 3.32. The van der Waals surface area contributed by atoms with Crippen LogP contribution in [-0.2, 0) is 0 Å². The van der Waals surface area contributed by atoms with Crippen LogP contribution in [0.2, 0.25) is 0 Å². The lowest BCUT2D eigenvalue weighted by atomic mass is 9.66. The minimum atomic E-state index is 0.282. The maximum Gasteiger partial charge on any atom is 0.0329 e. The van der Waals surface area contributed by atoms with E-state index in [0.717, 1.165) is 19.6 Å². The molecule has 0 aromatic heterocycles. The summed E-state index contributed by atoms with van der Waals surface area (Å²) in [6, 6.07) is 0. The summed E-state index contributed by atoms with van der Waals surface area (Å²) in [5, 5.41) is 0. The van der Waals surface area contributed by atoms with Gasteiger partial charge in [-0.15, -0.1) is 0 Å². The predicted octanol–water partition coefficient (Wildman–Crippen LogP) is 2.31. The van der Waals surface area contributed by atoms with Gasteiger partial charge in [0.05, 0.1) is 0 Å². The van der Waals surface area contributed by atoms with Gasteiger partial charge >= 0.3 is 0 Å². The lowest BCUT2D eigenvalue weighted by Crippen LogP contribution is -2.56. The molecule has 19 heavy (non-hydrogen) atoms. The fraction of sp³-hybridized carbons (Fsp3) is 1.00. The molecule has 2 N–H and O–H groups in total. The van der Waals surface area contributed by atoms with E-state index >= 15 is 0 Å². The number of likely N-dealkylation sites (N-methyl/N-ethyl adjacent to an activating group) is 2. The van der Waals surface area contributed by atoms with Crippen molar-refractivity contribution in [1.29, 1.82) is 0 Å². The maximum absolute atomic E-state index is 6.18. The van der Waals surface area contributed by atoms with E-state index in [4.69, 9.17) is 5.73 Å². The van der Waals surface area contributed by atoms with Gasteiger partial charge in [0.2, 0.25) is 0 Å². The Hall–Kier alpha value is -0.120. The van der Waals surface area contributed by atoms with Crippen molar-refractivity contribution < 1.29 is 0 Å². The molecule has 0 unspecified atom stereocenters. The zero-order valence-corrected chi connectivity index (χ0v) is 13.2. The van der Waals surface area contributed by atoms with Crippen molar-refractivity contribution in [3.05, 3.63) is 0 Å². The average Bonchev–Trinajstić information content (AvgIpc) is 2.86. The van der Waals surface area contributed by atoms with Gasteiger partial charge < -0.3 is 10.6 Å². The molecular weight excluding hydrogens is 234 g/mol. The Morgan fingerprint density at radius 2 is 1.42 bits per heavy atom. The molecule has 0 saturated heterocycles. The summed E-state index contributed by atoms with van der Waals surface area (Å²) in [7, 11) is 6.58. The van der Waals surface area contributed by atoms with Crippen LogP contribution in [0.5, 0.6) is 0 Å². The van der Waals surface area contributed by atoms with E-state index in [1.807, 2.05) is 0 Å². The molecule has 0 amide bonds. The van der Waals surface area contributed by atoms with Gasteiger partial charge in [-0.05, 0) is 65.1 Å². The molecule has 0 radical (unpaired) electrons. The Morgan fingerprint density at radius 1 is 0.842 bits per heavy atom. The normalized spacial score (nSPS) is 25.6. The second kappa shape index (κ2) is 6.11. The highest BCUT2D eigenvalue weighted by Crippen LogP contribution is 2.52. The monoisotopic (exact) mass is 267 g/mol. The van der Waals surface area contributed by atoms with E-state index in [1.54, 1.807) is 0 Å². The van der Waals surface area contributed by atoms with E-state index in [-0.39, 0.29) is 5.54 Å². The molecule has 0 aromatic rings. The number of hydrogen-bond donors (Lipinski definition) is 1. The Bertz CT molecular complexity index is 272. The number of hydrogen-bond acceptors (Lipinski definition) is 3. The van der Waals surface area contributed by atoms with E-state index in [2.05, 4.69) is 30.9 Å². The van der Waals surface area contributed by atoms with Crippen LogP contribution < -0.4 is 5.73 Å². The molecule has 2 saturated carbocycles. The number of nitrogens with zero attached hydrogens (tertiary/aromatic N) is 2. The topological polar surface area (TPSA) is 32.5 Å². The van der Waals surface area contributed by atoms with Crippen LogP contribution in [0.15, 0.2) is 0 Å². The number of nitrogens with two attached hydrogens (primary N) is 1. The third-order valence-electron chi connectivity index (χ3n) is 5.98. The molecule has 2 fully saturated rings. The molecule has 112 valence electrons. The van der Waals surface area contributed by atoms with Crippen molar-refractivity contribution in [3.63, 3.8) is 0 Å². The Kier molecular flexibility index (Phi) is 4.91. The molecule has 1 spiro atoms. The molecule has 0 atom stereocenters. The lowest BCUT2D eigenvalue weighted by Gasteiger charge is -2.49. The second-order valence-corrected chi connectivity index (χ2v) is 7.36. The zero-order chi connectivity index (χ0) is 13.9. The Morgan fingerprint density at radius 3 is 1.89 bits per heavy atom. The molecule has 3 nitrogen and oxygen atoms in total. The second-order valence-electron chi connectivity index (χ2n) is 7.36. The van der Waals surface area contributed by atoms with Crippen LogP contribution in [-0.4, -0.2) is 56.1 Å². The van der Waals surface area contributed by atoms with Gasteiger partial charge in [0.1, 0.15) is 0 Å². The number of rotatable bonds is 5. The summed E-state index contributed by atoms with van der Waals surface area (Å²) >= 11 is 0. The van der Waals surface area contributed by atoms with E-state index in [1.165, 1.54) is 51.4 Å². The van der Waals surface area contributed by atoms with Crippen LogP contribution >= 0.6 is 0 Å². The summed E-state index contributed by atoms with van der Waals surface area (Å²) in [6.45, 7) is 3.09. The van der Waals surface area contributed by atoms with Crippen LogP contribution in [0.25, 0.3) is 0 Å². The van der Waals surface area contributed by atoms with Crippen molar-refractivity contribution in [2.24, 2.45) is 11.1 Å². The summed E-state index contributed by atoms with van der Waals surface area (Å²) in [5.41, 5.74) is 7.17.